The number of ether oxygens (including phenoxy) is 1. The molecule has 0 saturated carbocycles. The van der Waals surface area contributed by atoms with Gasteiger partial charge in [-0.3, -0.25) is 14.7 Å². The zero-order valence-electron chi connectivity index (χ0n) is 13.8. The summed E-state index contributed by atoms with van der Waals surface area (Å²) in [4.78, 5) is 20.6. The number of rotatable bonds is 4. The average molecular weight is 341 g/mol. The fourth-order valence-electron chi connectivity index (χ4n) is 3.59. The van der Waals surface area contributed by atoms with Crippen LogP contribution in [0.1, 0.15) is 11.3 Å². The highest BCUT2D eigenvalue weighted by Gasteiger charge is 2.43. The molecule has 5 nitrogen and oxygen atoms in total. The largest absolute Gasteiger partial charge is 0.365 e. The average Bonchev–Trinajstić information content (AvgIpc) is 3.03. The van der Waals surface area contributed by atoms with Crippen molar-refractivity contribution >= 4 is 5.91 Å². The van der Waals surface area contributed by atoms with Crippen LogP contribution in [-0.4, -0.2) is 52.5 Å². The van der Waals surface area contributed by atoms with E-state index < -0.39 is 0 Å². The Balaban J connectivity index is 1.46. The number of pyridine rings is 1. The lowest BCUT2D eigenvalue weighted by atomic mass is 10.1. The Labute approximate surface area is 146 Å². The number of carbonyl (C=O) groups is 1. The molecule has 25 heavy (non-hydrogen) atoms. The number of aromatic nitrogens is 1. The van der Waals surface area contributed by atoms with Gasteiger partial charge in [-0.1, -0.05) is 30.3 Å². The normalized spacial score (nSPS) is 23.7. The summed E-state index contributed by atoms with van der Waals surface area (Å²) in [5, 5.41) is 0. The van der Waals surface area contributed by atoms with E-state index in [0.29, 0.717) is 13.1 Å². The van der Waals surface area contributed by atoms with Crippen molar-refractivity contribution in [1.29, 1.82) is 0 Å². The lowest BCUT2D eigenvalue weighted by Crippen LogP contribution is -2.53. The van der Waals surface area contributed by atoms with E-state index in [0.717, 1.165) is 24.3 Å². The minimum absolute atomic E-state index is 0.0156. The van der Waals surface area contributed by atoms with Crippen molar-refractivity contribution in [2.45, 2.75) is 25.2 Å². The number of nitrogens with zero attached hydrogens (tertiary/aromatic N) is 3. The molecule has 4 rings (SSSR count). The third-order valence-corrected chi connectivity index (χ3v) is 4.82. The molecule has 0 aliphatic carbocycles. The van der Waals surface area contributed by atoms with Gasteiger partial charge in [-0.15, -0.1) is 0 Å². The lowest BCUT2D eigenvalue weighted by Gasteiger charge is -2.36. The summed E-state index contributed by atoms with van der Waals surface area (Å²) < 4.78 is 18.8. The van der Waals surface area contributed by atoms with Crippen LogP contribution < -0.4 is 0 Å². The molecule has 3 heterocycles. The molecule has 130 valence electrons. The Morgan fingerprint density at radius 3 is 2.72 bits per heavy atom. The Bertz CT molecular complexity index is 738. The van der Waals surface area contributed by atoms with E-state index in [9.17, 15) is 9.18 Å². The summed E-state index contributed by atoms with van der Waals surface area (Å²) >= 11 is 0. The predicted molar refractivity (Wildman–Crippen MR) is 90.0 cm³/mol. The molecule has 2 fully saturated rings. The molecule has 0 radical (unpaired) electrons. The van der Waals surface area contributed by atoms with Crippen LogP contribution in [0.2, 0.25) is 0 Å². The van der Waals surface area contributed by atoms with E-state index in [-0.39, 0.29) is 30.5 Å². The van der Waals surface area contributed by atoms with E-state index in [1.807, 2.05) is 35.2 Å². The van der Waals surface area contributed by atoms with E-state index in [4.69, 9.17) is 4.74 Å². The van der Waals surface area contributed by atoms with E-state index in [2.05, 4.69) is 9.88 Å². The minimum atomic E-state index is -0.332. The Morgan fingerprint density at radius 1 is 1.12 bits per heavy atom. The van der Waals surface area contributed by atoms with Crippen molar-refractivity contribution < 1.29 is 13.9 Å². The van der Waals surface area contributed by atoms with Gasteiger partial charge in [0.25, 0.3) is 0 Å². The molecular weight excluding hydrogens is 321 g/mol. The maximum atomic E-state index is 13.0. The fourth-order valence-corrected chi connectivity index (χ4v) is 3.59. The lowest BCUT2D eigenvalue weighted by molar-refractivity contribution is -0.153. The third kappa shape index (κ3) is 3.55. The first-order valence-corrected chi connectivity index (χ1v) is 8.47. The standard InChI is InChI=1S/C19H20FN3O2/c20-15-6-7-16(21-8-15)10-22-11-17-18(12-22)25-13-19(24)23(17)9-14-4-2-1-3-5-14/h1-8,17-18H,9-13H2/t17-,18-/m1/s1. The second-order valence-corrected chi connectivity index (χ2v) is 6.59. The van der Waals surface area contributed by atoms with Crippen LogP contribution in [0.5, 0.6) is 0 Å². The molecule has 2 atom stereocenters. The molecule has 2 aromatic rings. The number of fused-ring (bicyclic) bond motifs is 1. The maximum absolute atomic E-state index is 13.0. The van der Waals surface area contributed by atoms with Crippen LogP contribution in [0.3, 0.4) is 0 Å². The highest BCUT2D eigenvalue weighted by atomic mass is 19.1. The van der Waals surface area contributed by atoms with E-state index in [1.54, 1.807) is 6.07 Å². The smallest absolute Gasteiger partial charge is 0.249 e. The first kappa shape index (κ1) is 16.2. The van der Waals surface area contributed by atoms with Gasteiger partial charge in [0.15, 0.2) is 0 Å². The number of amides is 1. The van der Waals surface area contributed by atoms with Crippen LogP contribution in [0, 0.1) is 5.82 Å². The molecule has 0 unspecified atom stereocenters. The Kier molecular flexibility index (Phi) is 4.46. The van der Waals surface area contributed by atoms with Gasteiger partial charge < -0.3 is 9.64 Å². The first-order chi connectivity index (χ1) is 12.2. The molecule has 0 bridgehead atoms. The molecule has 2 aliphatic rings. The van der Waals surface area contributed by atoms with E-state index >= 15 is 0 Å². The van der Waals surface area contributed by atoms with Gasteiger partial charge in [-0.2, -0.15) is 0 Å². The van der Waals surface area contributed by atoms with Crippen molar-refractivity contribution in [3.8, 4) is 0 Å². The summed E-state index contributed by atoms with van der Waals surface area (Å²) in [5.74, 6) is -0.298. The second kappa shape index (κ2) is 6.90. The SMILES string of the molecule is O=C1CO[C@@H]2CN(Cc3ccc(F)cn3)C[C@H]2N1Cc1ccccc1. The molecule has 6 heteroatoms. The maximum Gasteiger partial charge on any atom is 0.249 e. The number of likely N-dealkylation sites (tertiary alicyclic amines) is 1. The van der Waals surface area contributed by atoms with Crippen LogP contribution >= 0.6 is 0 Å². The van der Waals surface area contributed by atoms with Gasteiger partial charge in [-0.05, 0) is 17.7 Å². The summed E-state index contributed by atoms with van der Waals surface area (Å²) in [6, 6.07) is 13.2. The third-order valence-electron chi connectivity index (χ3n) is 4.82. The predicted octanol–water partition coefficient (Wildman–Crippen LogP) is 1.83. The topological polar surface area (TPSA) is 45.7 Å². The summed E-state index contributed by atoms with van der Waals surface area (Å²) in [6.07, 6.45) is 1.25. The van der Waals surface area contributed by atoms with Crippen LogP contribution in [0.15, 0.2) is 48.7 Å². The van der Waals surface area contributed by atoms with Crippen molar-refractivity contribution in [3.63, 3.8) is 0 Å². The van der Waals surface area contributed by atoms with Gasteiger partial charge in [-0.25, -0.2) is 4.39 Å². The van der Waals surface area contributed by atoms with Crippen LogP contribution in [-0.2, 0) is 22.6 Å². The van der Waals surface area contributed by atoms with Gasteiger partial charge in [0.2, 0.25) is 5.91 Å². The molecule has 0 spiro atoms. The van der Waals surface area contributed by atoms with Crippen LogP contribution in [0.4, 0.5) is 4.39 Å². The first-order valence-electron chi connectivity index (χ1n) is 8.47. The zero-order valence-corrected chi connectivity index (χ0v) is 13.8. The highest BCUT2D eigenvalue weighted by Crippen LogP contribution is 2.26. The quantitative estimate of drug-likeness (QED) is 0.851. The fraction of sp³-hybridized carbons (Fsp3) is 0.368. The van der Waals surface area contributed by atoms with Gasteiger partial charge in [0.05, 0.1) is 24.0 Å². The Hall–Kier alpha value is -2.31. The number of carbonyl (C=O) groups excluding carboxylic acids is 1. The summed E-state index contributed by atoms with van der Waals surface area (Å²) in [7, 11) is 0. The molecule has 0 N–H and O–H groups in total. The molecule has 2 saturated heterocycles. The van der Waals surface area contributed by atoms with E-state index in [1.165, 1.54) is 12.3 Å². The molecule has 1 aromatic heterocycles. The molecule has 1 aromatic carbocycles. The molecular formula is C19H20FN3O2. The van der Waals surface area contributed by atoms with Crippen LogP contribution in [0.25, 0.3) is 0 Å². The van der Waals surface area contributed by atoms with Crippen molar-refractivity contribution in [3.05, 3.63) is 65.7 Å². The Morgan fingerprint density at radius 2 is 1.96 bits per heavy atom. The second-order valence-electron chi connectivity index (χ2n) is 6.59. The highest BCUT2D eigenvalue weighted by molar-refractivity contribution is 5.78. The zero-order chi connectivity index (χ0) is 17.2. The van der Waals surface area contributed by atoms with Crippen molar-refractivity contribution in [2.75, 3.05) is 19.7 Å². The van der Waals surface area contributed by atoms with Crippen molar-refractivity contribution in [2.24, 2.45) is 0 Å². The van der Waals surface area contributed by atoms with Gasteiger partial charge in [0.1, 0.15) is 12.4 Å². The number of halogens is 1. The number of hydrogen-bond donors (Lipinski definition) is 0. The summed E-state index contributed by atoms with van der Waals surface area (Å²) in [5.41, 5.74) is 1.94. The number of hydrogen-bond acceptors (Lipinski definition) is 4. The van der Waals surface area contributed by atoms with Gasteiger partial charge in [0, 0.05) is 26.2 Å². The number of benzene rings is 1. The minimum Gasteiger partial charge on any atom is -0.365 e. The molecule has 2 aliphatic heterocycles. The van der Waals surface area contributed by atoms with Gasteiger partial charge >= 0.3 is 0 Å². The van der Waals surface area contributed by atoms with Crippen molar-refractivity contribution in [1.82, 2.24) is 14.8 Å². The monoisotopic (exact) mass is 341 g/mol. The summed E-state index contributed by atoms with van der Waals surface area (Å²) in [6.45, 7) is 2.86. The number of morpholine rings is 1. The molecule has 1 amide bonds.